The maximum atomic E-state index is 13.0. The van der Waals surface area contributed by atoms with Gasteiger partial charge in [-0.05, 0) is 31.5 Å². The van der Waals surface area contributed by atoms with Gasteiger partial charge in [0.05, 0.1) is 23.1 Å². The molecule has 32 heavy (non-hydrogen) atoms. The van der Waals surface area contributed by atoms with E-state index in [1.54, 1.807) is 24.0 Å². The van der Waals surface area contributed by atoms with Gasteiger partial charge in [-0.15, -0.1) is 0 Å². The minimum Gasteiger partial charge on any atom is -0.462 e. The Hall–Kier alpha value is -4.02. The molecule has 3 aromatic heterocycles. The van der Waals surface area contributed by atoms with E-state index in [-0.39, 0.29) is 22.5 Å². The van der Waals surface area contributed by atoms with E-state index >= 15 is 0 Å². The Labute approximate surface area is 182 Å². The first-order valence-corrected chi connectivity index (χ1v) is 10.3. The minimum atomic E-state index is -0.648. The largest absolute Gasteiger partial charge is 0.462 e. The van der Waals surface area contributed by atoms with Crippen molar-refractivity contribution in [3.05, 3.63) is 62.6 Å². The van der Waals surface area contributed by atoms with Gasteiger partial charge in [-0.1, -0.05) is 0 Å². The molecule has 3 aromatic rings. The standard InChI is InChI=1S/C21H22N6O5/c1-2-32-20(30)13-4-5-16(22-11-13)26-6-3-7-27(9-8-26)19(29)14-10-15-17(23-12-14)24-21(31)25-18(15)28/h4-5,10-12H,2-3,6-9H2,1H3,(H2,23,24,25,28,31). The number of H-pyrrole nitrogens is 2. The molecule has 1 fully saturated rings. The number of fused-ring (bicyclic) bond motifs is 1. The summed E-state index contributed by atoms with van der Waals surface area (Å²) in [5.74, 6) is 0.0683. The minimum absolute atomic E-state index is 0.134. The lowest BCUT2D eigenvalue weighted by atomic mass is 10.2. The highest BCUT2D eigenvalue weighted by Gasteiger charge is 2.22. The molecule has 0 atom stereocenters. The summed E-state index contributed by atoms with van der Waals surface area (Å²) < 4.78 is 4.97. The number of carbonyl (C=O) groups is 2. The molecule has 0 aliphatic carbocycles. The van der Waals surface area contributed by atoms with Gasteiger partial charge < -0.3 is 14.5 Å². The van der Waals surface area contributed by atoms with Crippen molar-refractivity contribution in [2.45, 2.75) is 13.3 Å². The Morgan fingerprint density at radius 3 is 2.59 bits per heavy atom. The molecule has 11 nitrogen and oxygen atoms in total. The van der Waals surface area contributed by atoms with Crippen LogP contribution in [0.2, 0.25) is 0 Å². The van der Waals surface area contributed by atoms with Crippen LogP contribution in [0.3, 0.4) is 0 Å². The summed E-state index contributed by atoms with van der Waals surface area (Å²) >= 11 is 0. The molecule has 2 N–H and O–H groups in total. The molecular weight excluding hydrogens is 416 g/mol. The lowest BCUT2D eigenvalue weighted by Gasteiger charge is -2.23. The van der Waals surface area contributed by atoms with Gasteiger partial charge in [-0.2, -0.15) is 0 Å². The smallest absolute Gasteiger partial charge is 0.339 e. The third-order valence-electron chi connectivity index (χ3n) is 5.20. The fourth-order valence-corrected chi connectivity index (χ4v) is 3.60. The van der Waals surface area contributed by atoms with Crippen LogP contribution < -0.4 is 16.1 Å². The first-order valence-electron chi connectivity index (χ1n) is 10.3. The summed E-state index contributed by atoms with van der Waals surface area (Å²) in [5, 5.41) is 0.151. The summed E-state index contributed by atoms with van der Waals surface area (Å²) in [6.45, 7) is 4.31. The van der Waals surface area contributed by atoms with Crippen LogP contribution in [0.5, 0.6) is 0 Å². The van der Waals surface area contributed by atoms with Gasteiger partial charge in [-0.25, -0.2) is 19.6 Å². The molecule has 0 aromatic carbocycles. The van der Waals surface area contributed by atoms with E-state index in [1.807, 2.05) is 0 Å². The predicted molar refractivity (Wildman–Crippen MR) is 116 cm³/mol. The van der Waals surface area contributed by atoms with Crippen molar-refractivity contribution in [2.24, 2.45) is 0 Å². The van der Waals surface area contributed by atoms with Gasteiger partial charge in [0.25, 0.3) is 11.5 Å². The Balaban J connectivity index is 1.47. The molecule has 1 amide bonds. The number of hydrogen-bond acceptors (Lipinski definition) is 8. The van der Waals surface area contributed by atoms with Crippen molar-refractivity contribution < 1.29 is 14.3 Å². The fraction of sp³-hybridized carbons (Fsp3) is 0.333. The summed E-state index contributed by atoms with van der Waals surface area (Å²) in [6.07, 6.45) is 3.57. The maximum absolute atomic E-state index is 13.0. The zero-order valence-electron chi connectivity index (χ0n) is 17.5. The third-order valence-corrected chi connectivity index (χ3v) is 5.20. The summed E-state index contributed by atoms with van der Waals surface area (Å²) in [4.78, 5) is 65.0. The van der Waals surface area contributed by atoms with Crippen LogP contribution in [0, 0.1) is 0 Å². The fourth-order valence-electron chi connectivity index (χ4n) is 3.60. The average molecular weight is 438 g/mol. The Bertz CT molecular complexity index is 1270. The van der Waals surface area contributed by atoms with Gasteiger partial charge in [0.1, 0.15) is 11.5 Å². The molecule has 4 rings (SSSR count). The zero-order valence-corrected chi connectivity index (χ0v) is 17.5. The van der Waals surface area contributed by atoms with Crippen molar-refractivity contribution in [1.82, 2.24) is 24.8 Å². The van der Waals surface area contributed by atoms with Crippen LogP contribution in [0.1, 0.15) is 34.1 Å². The molecule has 1 aliphatic heterocycles. The number of esters is 1. The molecule has 0 unspecified atom stereocenters. The number of aromatic nitrogens is 4. The average Bonchev–Trinajstić information content (AvgIpc) is 3.05. The van der Waals surface area contributed by atoms with E-state index in [1.165, 1.54) is 18.5 Å². The molecule has 1 aliphatic rings. The van der Waals surface area contributed by atoms with Gasteiger partial charge in [0.2, 0.25) is 0 Å². The zero-order chi connectivity index (χ0) is 22.7. The molecule has 11 heteroatoms. The van der Waals surface area contributed by atoms with E-state index in [0.717, 1.165) is 12.2 Å². The lowest BCUT2D eigenvalue weighted by molar-refractivity contribution is 0.0525. The highest BCUT2D eigenvalue weighted by molar-refractivity contribution is 5.96. The van der Waals surface area contributed by atoms with E-state index in [4.69, 9.17) is 4.74 Å². The monoisotopic (exact) mass is 438 g/mol. The SMILES string of the molecule is CCOC(=O)c1ccc(N2CCCN(C(=O)c3cnc4[nH]c(=O)[nH]c(=O)c4c3)CC2)nc1. The second kappa shape index (κ2) is 9.00. The normalized spacial score (nSPS) is 14.3. The number of amides is 1. The number of anilines is 1. The molecule has 4 heterocycles. The van der Waals surface area contributed by atoms with Crippen molar-refractivity contribution in [3.63, 3.8) is 0 Å². The topological polar surface area (TPSA) is 141 Å². The number of aromatic amines is 2. The number of ether oxygens (including phenoxy) is 1. The summed E-state index contributed by atoms with van der Waals surface area (Å²) in [5.41, 5.74) is -0.437. The highest BCUT2D eigenvalue weighted by Crippen LogP contribution is 2.17. The molecule has 0 saturated carbocycles. The van der Waals surface area contributed by atoms with E-state index in [0.29, 0.717) is 38.3 Å². The van der Waals surface area contributed by atoms with Crippen molar-refractivity contribution in [3.8, 4) is 0 Å². The number of rotatable bonds is 4. The summed E-state index contributed by atoms with van der Waals surface area (Å²) in [6, 6.07) is 4.89. The van der Waals surface area contributed by atoms with Crippen LogP contribution in [-0.4, -0.2) is 69.5 Å². The quantitative estimate of drug-likeness (QED) is 0.562. The molecule has 0 bridgehead atoms. The number of hydrogen-bond donors (Lipinski definition) is 2. The maximum Gasteiger partial charge on any atom is 0.339 e. The number of nitrogens with zero attached hydrogens (tertiary/aromatic N) is 4. The van der Waals surface area contributed by atoms with Gasteiger partial charge in [0.15, 0.2) is 0 Å². The summed E-state index contributed by atoms with van der Waals surface area (Å²) in [7, 11) is 0. The molecular formula is C21H22N6O5. The van der Waals surface area contributed by atoms with Crippen molar-refractivity contribution in [1.29, 1.82) is 0 Å². The number of pyridine rings is 2. The van der Waals surface area contributed by atoms with Crippen molar-refractivity contribution >= 4 is 28.7 Å². The number of carbonyl (C=O) groups excluding carboxylic acids is 2. The third kappa shape index (κ3) is 4.36. The Morgan fingerprint density at radius 2 is 1.84 bits per heavy atom. The van der Waals surface area contributed by atoms with Crippen LogP contribution in [-0.2, 0) is 4.74 Å². The molecule has 0 spiro atoms. The van der Waals surface area contributed by atoms with Crippen LogP contribution in [0.25, 0.3) is 11.0 Å². The van der Waals surface area contributed by atoms with E-state index < -0.39 is 17.2 Å². The van der Waals surface area contributed by atoms with Gasteiger partial charge >= 0.3 is 11.7 Å². The lowest BCUT2D eigenvalue weighted by Crippen LogP contribution is -2.35. The first kappa shape index (κ1) is 21.2. The van der Waals surface area contributed by atoms with E-state index in [2.05, 4.69) is 24.8 Å². The van der Waals surface area contributed by atoms with E-state index in [9.17, 15) is 19.2 Å². The Morgan fingerprint density at radius 1 is 1.03 bits per heavy atom. The molecule has 1 saturated heterocycles. The van der Waals surface area contributed by atoms with Gasteiger partial charge in [-0.3, -0.25) is 19.6 Å². The second-order valence-electron chi connectivity index (χ2n) is 7.29. The van der Waals surface area contributed by atoms with Gasteiger partial charge in [0, 0.05) is 38.6 Å². The molecule has 166 valence electrons. The first-order chi connectivity index (χ1) is 15.5. The Kier molecular flexibility index (Phi) is 5.97. The van der Waals surface area contributed by atoms with Crippen LogP contribution in [0.15, 0.2) is 40.2 Å². The van der Waals surface area contributed by atoms with Crippen molar-refractivity contribution in [2.75, 3.05) is 37.7 Å². The van der Waals surface area contributed by atoms with Crippen LogP contribution in [0.4, 0.5) is 5.82 Å². The second-order valence-corrected chi connectivity index (χ2v) is 7.29. The molecule has 0 radical (unpaired) electrons. The highest BCUT2D eigenvalue weighted by atomic mass is 16.5. The van der Waals surface area contributed by atoms with Crippen LogP contribution >= 0.6 is 0 Å². The number of nitrogens with one attached hydrogen (secondary N) is 2. The predicted octanol–water partition coefficient (Wildman–Crippen LogP) is 0.536.